The molecule has 2 aliphatic rings. The van der Waals surface area contributed by atoms with Crippen molar-refractivity contribution in [3.63, 3.8) is 0 Å². The number of para-hydroxylation sites is 3. The summed E-state index contributed by atoms with van der Waals surface area (Å²) in [6.07, 6.45) is 6.17. The number of fused-ring (bicyclic) bond motifs is 8. The number of hydrogen-bond donors (Lipinski definition) is 0. The molecule has 0 radical (unpaired) electrons. The van der Waals surface area contributed by atoms with Crippen molar-refractivity contribution in [1.82, 2.24) is 4.57 Å². The van der Waals surface area contributed by atoms with E-state index in [1.807, 2.05) is 0 Å². The smallest absolute Gasteiger partial charge is 0.0547 e. The molecule has 1 fully saturated rings. The molecule has 0 amide bonds. The fourth-order valence-electron chi connectivity index (χ4n) is 12.0. The standard InChI is InChI=1S/C66H50N2/c1-4-21-46(22-5-1)52-27-8-9-28-53(52)54-29-10-11-30-55(54)58-32-13-16-35-63(58)67(51-38-40-57-56-31-12-15-34-61(56)66(62(57)45-51)41-18-3-19-42-66)50-26-20-23-47(43-50)48-37-39-60-59-33-14-17-36-64(59)68(65(60)44-48)49-24-6-2-7-25-49/h1-2,4-17,20-40,43-45H,3,18-19,41-42H2. The van der Waals surface area contributed by atoms with E-state index in [4.69, 9.17) is 0 Å². The van der Waals surface area contributed by atoms with Crippen LogP contribution in [0.4, 0.5) is 17.1 Å². The van der Waals surface area contributed by atoms with Gasteiger partial charge < -0.3 is 9.47 Å². The van der Waals surface area contributed by atoms with Gasteiger partial charge in [0.15, 0.2) is 0 Å². The molecule has 1 spiro atoms. The maximum Gasteiger partial charge on any atom is 0.0547 e. The number of nitrogens with zero attached hydrogens (tertiary/aromatic N) is 2. The van der Waals surface area contributed by atoms with Crippen LogP contribution < -0.4 is 4.90 Å². The molecule has 0 unspecified atom stereocenters. The van der Waals surface area contributed by atoms with Crippen LogP contribution >= 0.6 is 0 Å². The fraction of sp³-hybridized carbons (Fsp3) is 0.0909. The van der Waals surface area contributed by atoms with Gasteiger partial charge in [-0.1, -0.05) is 207 Å². The number of benzene rings is 10. The Balaban J connectivity index is 1.02. The fourth-order valence-corrected chi connectivity index (χ4v) is 12.0. The largest absolute Gasteiger partial charge is 0.310 e. The third kappa shape index (κ3) is 6.54. The summed E-state index contributed by atoms with van der Waals surface area (Å²) in [7, 11) is 0. The van der Waals surface area contributed by atoms with E-state index in [2.05, 4.69) is 252 Å². The molecule has 1 saturated carbocycles. The molecule has 0 N–H and O–H groups in total. The molecule has 0 atom stereocenters. The van der Waals surface area contributed by atoms with Crippen LogP contribution in [0.2, 0.25) is 0 Å². The van der Waals surface area contributed by atoms with Crippen molar-refractivity contribution in [2.75, 3.05) is 4.90 Å². The van der Waals surface area contributed by atoms with Gasteiger partial charge in [-0.15, -0.1) is 0 Å². The third-order valence-electron chi connectivity index (χ3n) is 15.0. The van der Waals surface area contributed by atoms with E-state index >= 15 is 0 Å². The quantitative estimate of drug-likeness (QED) is 0.148. The molecule has 2 aliphatic carbocycles. The first-order chi connectivity index (χ1) is 33.7. The van der Waals surface area contributed by atoms with Crippen molar-refractivity contribution < 1.29 is 0 Å². The van der Waals surface area contributed by atoms with Gasteiger partial charge in [-0.05, 0) is 129 Å². The maximum absolute atomic E-state index is 2.56. The van der Waals surface area contributed by atoms with Crippen LogP contribution in [0.1, 0.15) is 43.2 Å². The summed E-state index contributed by atoms with van der Waals surface area (Å²) >= 11 is 0. The lowest BCUT2D eigenvalue weighted by Crippen LogP contribution is -2.28. The Hall–Kier alpha value is -8.20. The van der Waals surface area contributed by atoms with Gasteiger partial charge in [0, 0.05) is 38.8 Å². The van der Waals surface area contributed by atoms with Gasteiger partial charge >= 0.3 is 0 Å². The van der Waals surface area contributed by atoms with E-state index in [9.17, 15) is 0 Å². The highest BCUT2D eigenvalue weighted by Crippen LogP contribution is 2.57. The molecule has 2 heteroatoms. The Morgan fingerprint density at radius 2 is 0.882 bits per heavy atom. The highest BCUT2D eigenvalue weighted by molar-refractivity contribution is 6.10. The van der Waals surface area contributed by atoms with Crippen LogP contribution in [-0.2, 0) is 5.41 Å². The molecule has 0 saturated heterocycles. The molecule has 0 bridgehead atoms. The van der Waals surface area contributed by atoms with E-state index in [1.165, 1.54) is 126 Å². The summed E-state index contributed by atoms with van der Waals surface area (Å²) in [5.74, 6) is 0. The van der Waals surface area contributed by atoms with Gasteiger partial charge in [0.1, 0.15) is 0 Å². The first-order valence-corrected chi connectivity index (χ1v) is 24.3. The zero-order valence-corrected chi connectivity index (χ0v) is 38.0. The predicted octanol–water partition coefficient (Wildman–Crippen LogP) is 18.2. The lowest BCUT2D eigenvalue weighted by Gasteiger charge is -2.37. The van der Waals surface area contributed by atoms with Gasteiger partial charge in [0.25, 0.3) is 0 Å². The molecule has 13 rings (SSSR count). The van der Waals surface area contributed by atoms with Crippen molar-refractivity contribution in [3.8, 4) is 61.3 Å². The minimum Gasteiger partial charge on any atom is -0.310 e. The van der Waals surface area contributed by atoms with E-state index in [1.54, 1.807) is 0 Å². The minimum atomic E-state index is 0.0214. The summed E-state index contributed by atoms with van der Waals surface area (Å²) in [5, 5.41) is 2.51. The summed E-state index contributed by atoms with van der Waals surface area (Å²) < 4.78 is 2.41. The van der Waals surface area contributed by atoms with Crippen LogP contribution in [0.25, 0.3) is 83.1 Å². The van der Waals surface area contributed by atoms with E-state index in [-0.39, 0.29) is 5.41 Å². The first kappa shape index (κ1) is 40.1. The van der Waals surface area contributed by atoms with E-state index in [0.717, 1.165) is 17.1 Å². The lowest BCUT2D eigenvalue weighted by molar-refractivity contribution is 0.353. The summed E-state index contributed by atoms with van der Waals surface area (Å²) in [5.41, 5.74) is 22.4. The Kier molecular flexibility index (Phi) is 9.79. The third-order valence-corrected chi connectivity index (χ3v) is 15.0. The van der Waals surface area contributed by atoms with Crippen molar-refractivity contribution in [3.05, 3.63) is 254 Å². The first-order valence-electron chi connectivity index (χ1n) is 24.3. The molecular weight excluding hydrogens is 821 g/mol. The highest BCUT2D eigenvalue weighted by atomic mass is 15.1. The summed E-state index contributed by atoms with van der Waals surface area (Å²) in [6, 6.07) is 90.0. The molecule has 2 nitrogen and oxygen atoms in total. The van der Waals surface area contributed by atoms with Crippen LogP contribution in [0.5, 0.6) is 0 Å². The second-order valence-electron chi connectivity index (χ2n) is 18.7. The monoisotopic (exact) mass is 870 g/mol. The molecule has 11 aromatic rings. The number of hydrogen-bond acceptors (Lipinski definition) is 1. The van der Waals surface area contributed by atoms with Crippen LogP contribution in [-0.4, -0.2) is 4.57 Å². The Morgan fingerprint density at radius 1 is 0.324 bits per heavy atom. The van der Waals surface area contributed by atoms with Crippen LogP contribution in [0.15, 0.2) is 243 Å². The molecule has 10 aromatic carbocycles. The second-order valence-corrected chi connectivity index (χ2v) is 18.7. The number of aromatic nitrogens is 1. The van der Waals surface area contributed by atoms with Gasteiger partial charge in [0.05, 0.1) is 16.7 Å². The Bertz CT molecular complexity index is 3670. The number of anilines is 3. The molecule has 1 heterocycles. The van der Waals surface area contributed by atoms with Crippen molar-refractivity contribution in [1.29, 1.82) is 0 Å². The van der Waals surface area contributed by atoms with Crippen molar-refractivity contribution >= 4 is 38.9 Å². The average Bonchev–Trinajstić information content (AvgIpc) is 3.88. The van der Waals surface area contributed by atoms with Crippen molar-refractivity contribution in [2.24, 2.45) is 0 Å². The summed E-state index contributed by atoms with van der Waals surface area (Å²) in [4.78, 5) is 2.54. The van der Waals surface area contributed by atoms with E-state index < -0.39 is 0 Å². The molecule has 68 heavy (non-hydrogen) atoms. The normalized spacial score (nSPS) is 13.7. The van der Waals surface area contributed by atoms with Gasteiger partial charge in [-0.3, -0.25) is 0 Å². The molecule has 0 aliphatic heterocycles. The Labute approximate surface area is 399 Å². The molecule has 1 aromatic heterocycles. The topological polar surface area (TPSA) is 8.17 Å². The minimum absolute atomic E-state index is 0.0214. The molecular formula is C66H50N2. The molecule has 324 valence electrons. The SMILES string of the molecule is c1ccc(-c2ccccc2-c2ccccc2-c2ccccc2N(c2cccc(-c3ccc4c5ccccc5n(-c5ccccc5)c4c3)c2)c2ccc3c(c2)C2(CCCCC2)c2ccccc2-3)cc1. The highest BCUT2D eigenvalue weighted by Gasteiger charge is 2.44. The zero-order valence-electron chi connectivity index (χ0n) is 38.0. The van der Waals surface area contributed by atoms with Crippen molar-refractivity contribution in [2.45, 2.75) is 37.5 Å². The summed E-state index contributed by atoms with van der Waals surface area (Å²) in [6.45, 7) is 0. The van der Waals surface area contributed by atoms with Gasteiger partial charge in [-0.25, -0.2) is 0 Å². The van der Waals surface area contributed by atoms with Crippen LogP contribution in [0.3, 0.4) is 0 Å². The second kappa shape index (κ2) is 16.6. The predicted molar refractivity (Wildman–Crippen MR) is 287 cm³/mol. The van der Waals surface area contributed by atoms with Crippen LogP contribution in [0, 0.1) is 0 Å². The maximum atomic E-state index is 2.56. The van der Waals surface area contributed by atoms with Gasteiger partial charge in [0.2, 0.25) is 0 Å². The lowest BCUT2D eigenvalue weighted by atomic mass is 9.68. The zero-order chi connectivity index (χ0) is 45.0. The average molecular weight is 871 g/mol. The van der Waals surface area contributed by atoms with E-state index in [0.29, 0.717) is 0 Å². The Morgan fingerprint density at radius 3 is 1.68 bits per heavy atom. The van der Waals surface area contributed by atoms with Gasteiger partial charge in [-0.2, -0.15) is 0 Å². The number of rotatable bonds is 8.